The topological polar surface area (TPSA) is 83.4 Å². The van der Waals surface area contributed by atoms with Gasteiger partial charge in [-0.2, -0.15) is 0 Å². The number of carbonyl (C=O) groups excluding carboxylic acids is 1. The van der Waals surface area contributed by atoms with Gasteiger partial charge in [-0.1, -0.05) is 24.4 Å². The molecule has 2 aromatic heterocycles. The highest BCUT2D eigenvalue weighted by atomic mass is 35.5. The number of benzene rings is 2. The number of hydrogen-bond acceptors (Lipinski definition) is 4. The number of fused-ring (bicyclic) bond motifs is 4. The Morgan fingerprint density at radius 1 is 1.18 bits per heavy atom. The Morgan fingerprint density at radius 3 is 2.76 bits per heavy atom. The molecule has 7 nitrogen and oxygen atoms in total. The van der Waals surface area contributed by atoms with Crippen LogP contribution in [0, 0.1) is 12.7 Å². The highest BCUT2D eigenvalue weighted by Gasteiger charge is 2.29. The van der Waals surface area contributed by atoms with Crippen LogP contribution in [0.3, 0.4) is 0 Å². The zero-order valence-electron chi connectivity index (χ0n) is 18.0. The van der Waals surface area contributed by atoms with Gasteiger partial charge in [0.15, 0.2) is 0 Å². The van der Waals surface area contributed by atoms with Gasteiger partial charge in [-0.15, -0.1) is 10.2 Å². The normalized spacial score (nSPS) is 16.3. The van der Waals surface area contributed by atoms with Gasteiger partial charge in [-0.05, 0) is 61.6 Å². The molecule has 0 atom stereocenters. The van der Waals surface area contributed by atoms with E-state index in [0.29, 0.717) is 29.7 Å². The summed E-state index contributed by atoms with van der Waals surface area (Å²) in [6, 6.07) is 6.50. The van der Waals surface area contributed by atoms with E-state index in [1.807, 2.05) is 17.4 Å². The van der Waals surface area contributed by atoms with Crippen LogP contribution in [-0.2, 0) is 6.42 Å². The summed E-state index contributed by atoms with van der Waals surface area (Å²) in [6.45, 7) is 2.31. The summed E-state index contributed by atoms with van der Waals surface area (Å²) >= 11 is 5.92. The third-order valence-electron chi connectivity index (χ3n) is 6.94. The Morgan fingerprint density at radius 2 is 1.97 bits per heavy atom. The van der Waals surface area contributed by atoms with Gasteiger partial charge in [-0.3, -0.25) is 14.0 Å². The van der Waals surface area contributed by atoms with Crippen LogP contribution in [0.25, 0.3) is 16.7 Å². The number of aromatic amines is 1. The maximum atomic E-state index is 14.1. The molecule has 3 heterocycles. The fourth-order valence-electron chi connectivity index (χ4n) is 5.25. The molecule has 1 saturated carbocycles. The number of carbonyl (C=O) groups is 1. The van der Waals surface area contributed by atoms with Crippen molar-refractivity contribution in [1.82, 2.24) is 19.6 Å². The van der Waals surface area contributed by atoms with Crippen LogP contribution in [0.1, 0.15) is 58.9 Å². The first-order valence-electron chi connectivity index (χ1n) is 11.1. The average Bonchev–Trinajstić information content (AvgIpc) is 3.53. The minimum Gasteiger partial charge on any atom is -0.317 e. The van der Waals surface area contributed by atoms with Crippen LogP contribution < -0.4 is 10.5 Å². The van der Waals surface area contributed by atoms with E-state index in [4.69, 9.17) is 11.6 Å². The monoisotopic (exact) mass is 465 g/mol. The summed E-state index contributed by atoms with van der Waals surface area (Å²) in [6.07, 6.45) is 4.94. The molecule has 0 saturated heterocycles. The number of aromatic nitrogens is 4. The molecule has 1 aliphatic carbocycles. The molecule has 0 unspecified atom stereocenters. The van der Waals surface area contributed by atoms with Gasteiger partial charge in [0.2, 0.25) is 5.65 Å². The van der Waals surface area contributed by atoms with Crippen molar-refractivity contribution in [3.63, 3.8) is 0 Å². The molecule has 33 heavy (non-hydrogen) atoms. The second kappa shape index (κ2) is 7.38. The summed E-state index contributed by atoms with van der Waals surface area (Å²) in [5.41, 5.74) is 3.83. The van der Waals surface area contributed by atoms with E-state index in [1.54, 1.807) is 17.0 Å². The molecule has 1 aliphatic heterocycles. The molecule has 4 aromatic rings. The van der Waals surface area contributed by atoms with E-state index in [-0.39, 0.29) is 28.1 Å². The SMILES string of the molecule is Cc1cc2c(cc1C(=O)N1CCc3cc(Cl)c(F)cc31)[nH]c(=O)c1nnc(C3CCCC3)n12. The van der Waals surface area contributed by atoms with E-state index in [0.717, 1.165) is 48.2 Å². The lowest BCUT2D eigenvalue weighted by molar-refractivity contribution is 0.0989. The van der Waals surface area contributed by atoms with Crippen LogP contribution in [0.15, 0.2) is 29.1 Å². The summed E-state index contributed by atoms with van der Waals surface area (Å²) in [5, 5.41) is 8.56. The average molecular weight is 466 g/mol. The summed E-state index contributed by atoms with van der Waals surface area (Å²) in [7, 11) is 0. The molecule has 9 heteroatoms. The summed E-state index contributed by atoms with van der Waals surface area (Å²) < 4.78 is 15.9. The van der Waals surface area contributed by atoms with Gasteiger partial charge in [-0.25, -0.2) is 4.39 Å². The largest absolute Gasteiger partial charge is 0.317 e. The first-order valence-corrected chi connectivity index (χ1v) is 11.5. The van der Waals surface area contributed by atoms with Gasteiger partial charge >= 0.3 is 0 Å². The molecule has 1 fully saturated rings. The van der Waals surface area contributed by atoms with Gasteiger partial charge in [0.1, 0.15) is 11.6 Å². The molecule has 2 aromatic carbocycles. The van der Waals surface area contributed by atoms with Crippen LogP contribution in [0.4, 0.5) is 10.1 Å². The Hall–Kier alpha value is -3.26. The molecule has 2 aliphatic rings. The molecule has 1 amide bonds. The lowest BCUT2D eigenvalue weighted by Crippen LogP contribution is -2.29. The van der Waals surface area contributed by atoms with Crippen molar-refractivity contribution >= 4 is 39.9 Å². The second-order valence-electron chi connectivity index (χ2n) is 8.94. The highest BCUT2D eigenvalue weighted by Crippen LogP contribution is 2.36. The van der Waals surface area contributed by atoms with E-state index in [2.05, 4.69) is 15.2 Å². The van der Waals surface area contributed by atoms with E-state index < -0.39 is 5.82 Å². The summed E-state index contributed by atoms with van der Waals surface area (Å²) in [4.78, 5) is 30.7. The number of nitrogens with one attached hydrogen (secondary N) is 1. The van der Waals surface area contributed by atoms with Crippen molar-refractivity contribution in [2.45, 2.75) is 44.9 Å². The van der Waals surface area contributed by atoms with E-state index in [1.165, 1.54) is 6.07 Å². The quantitative estimate of drug-likeness (QED) is 0.471. The van der Waals surface area contributed by atoms with Gasteiger partial charge in [0.25, 0.3) is 11.5 Å². The van der Waals surface area contributed by atoms with Gasteiger partial charge in [0, 0.05) is 18.0 Å². The van der Waals surface area contributed by atoms with Crippen molar-refractivity contribution < 1.29 is 9.18 Å². The number of rotatable bonds is 2. The Labute approximate surface area is 193 Å². The molecule has 0 bridgehead atoms. The van der Waals surface area contributed by atoms with E-state index in [9.17, 15) is 14.0 Å². The smallest absolute Gasteiger partial charge is 0.294 e. The predicted molar refractivity (Wildman–Crippen MR) is 124 cm³/mol. The van der Waals surface area contributed by atoms with Crippen LogP contribution in [-0.4, -0.2) is 32.0 Å². The number of hydrogen-bond donors (Lipinski definition) is 1. The number of H-pyrrole nitrogens is 1. The van der Waals surface area contributed by atoms with Crippen molar-refractivity contribution in [1.29, 1.82) is 0 Å². The molecular weight excluding hydrogens is 445 g/mol. The van der Waals surface area contributed by atoms with Crippen LogP contribution in [0.5, 0.6) is 0 Å². The van der Waals surface area contributed by atoms with Crippen molar-refractivity contribution in [2.75, 3.05) is 11.4 Å². The number of anilines is 1. The maximum Gasteiger partial charge on any atom is 0.294 e. The second-order valence-corrected chi connectivity index (χ2v) is 9.35. The van der Waals surface area contributed by atoms with Crippen molar-refractivity contribution in [3.8, 4) is 0 Å². The standard InChI is InChI=1S/C24H21ClFN5O2/c1-12-8-20-18(27-23(32)22-29-28-21(31(20)22)13-4-2-3-5-13)10-15(12)24(33)30-7-6-14-9-16(25)17(26)11-19(14)30/h8-11,13H,2-7H2,1H3,(H,27,32). The van der Waals surface area contributed by atoms with Crippen molar-refractivity contribution in [2.24, 2.45) is 0 Å². The Balaban J connectivity index is 1.49. The number of aryl methyl sites for hydroxylation is 1. The molecule has 168 valence electrons. The molecule has 1 N–H and O–H groups in total. The molecule has 6 rings (SSSR count). The fraction of sp³-hybridized carbons (Fsp3) is 0.333. The van der Waals surface area contributed by atoms with Gasteiger partial charge < -0.3 is 9.88 Å². The first kappa shape index (κ1) is 20.4. The van der Waals surface area contributed by atoms with Crippen LogP contribution >= 0.6 is 11.6 Å². The first-order chi connectivity index (χ1) is 15.9. The third-order valence-corrected chi connectivity index (χ3v) is 7.23. The minimum absolute atomic E-state index is 0.0542. The Bertz CT molecular complexity index is 1520. The lowest BCUT2D eigenvalue weighted by atomic mass is 10.0. The zero-order chi connectivity index (χ0) is 22.9. The molecule has 0 spiro atoms. The fourth-order valence-corrected chi connectivity index (χ4v) is 5.44. The zero-order valence-corrected chi connectivity index (χ0v) is 18.7. The number of halogens is 2. The van der Waals surface area contributed by atoms with Gasteiger partial charge in [0.05, 0.1) is 21.7 Å². The molecule has 0 radical (unpaired) electrons. The van der Waals surface area contributed by atoms with Crippen LogP contribution in [0.2, 0.25) is 5.02 Å². The number of nitrogens with zero attached hydrogens (tertiary/aromatic N) is 4. The van der Waals surface area contributed by atoms with E-state index >= 15 is 0 Å². The third kappa shape index (κ3) is 3.08. The highest BCUT2D eigenvalue weighted by molar-refractivity contribution is 6.31. The lowest BCUT2D eigenvalue weighted by Gasteiger charge is -2.19. The Kier molecular flexibility index (Phi) is 4.55. The molecular formula is C24H21ClFN5O2. The maximum absolute atomic E-state index is 14.1. The minimum atomic E-state index is -0.552. The summed E-state index contributed by atoms with van der Waals surface area (Å²) in [5.74, 6) is 0.284. The number of amides is 1. The predicted octanol–water partition coefficient (Wildman–Crippen LogP) is 4.53. The van der Waals surface area contributed by atoms with Crippen molar-refractivity contribution in [3.05, 3.63) is 68.0 Å².